The molecule has 0 spiro atoms. The molecule has 0 radical (unpaired) electrons. The summed E-state index contributed by atoms with van der Waals surface area (Å²) in [4.78, 5) is 7.99. The number of anilines is 2. The topological polar surface area (TPSA) is 49.8 Å². The van der Waals surface area contributed by atoms with Crippen LogP contribution in [-0.4, -0.2) is 23.1 Å². The molecule has 1 aliphatic rings. The molecule has 0 aliphatic heterocycles. The Hall–Kier alpha value is -1.39. The summed E-state index contributed by atoms with van der Waals surface area (Å²) in [7, 11) is 0. The van der Waals surface area contributed by atoms with Crippen molar-refractivity contribution in [1.82, 2.24) is 9.97 Å². The van der Waals surface area contributed by atoms with Crippen molar-refractivity contribution in [1.29, 1.82) is 0 Å². The van der Waals surface area contributed by atoms with E-state index in [0.717, 1.165) is 25.4 Å². The van der Waals surface area contributed by atoms with Gasteiger partial charge in [-0.15, -0.1) is 0 Å². The number of hydrogen-bond acceptors (Lipinski definition) is 4. The van der Waals surface area contributed by atoms with E-state index in [1.54, 1.807) is 0 Å². The van der Waals surface area contributed by atoms with Gasteiger partial charge in [0.25, 0.3) is 0 Å². The van der Waals surface area contributed by atoms with Gasteiger partial charge in [0.2, 0.25) is 5.95 Å². The molecule has 1 aliphatic carbocycles. The molecule has 2 rings (SSSR count). The summed E-state index contributed by atoms with van der Waals surface area (Å²) in [5.41, 5.74) is 0. The van der Waals surface area contributed by atoms with Crippen molar-refractivity contribution in [2.24, 2.45) is 5.92 Å². The van der Waals surface area contributed by atoms with Gasteiger partial charge in [0, 0.05) is 13.1 Å². The predicted octanol–water partition coefficient (Wildman–Crippen LogP) is 3.04. The van der Waals surface area contributed by atoms with Crippen LogP contribution in [0.3, 0.4) is 0 Å². The summed E-state index contributed by atoms with van der Waals surface area (Å²) >= 11 is 0. The Morgan fingerprint density at radius 1 is 1.33 bits per heavy atom. The highest BCUT2D eigenvalue weighted by Crippen LogP contribution is 2.27. The zero-order chi connectivity index (χ0) is 12.8. The third-order valence-electron chi connectivity index (χ3n) is 3.40. The first kappa shape index (κ1) is 13.1. The molecule has 1 aromatic heterocycles. The van der Waals surface area contributed by atoms with Crippen LogP contribution >= 0.6 is 0 Å². The third kappa shape index (κ3) is 3.55. The number of halogens is 1. The van der Waals surface area contributed by atoms with Crippen LogP contribution in [0.5, 0.6) is 0 Å². The Balaban J connectivity index is 1.85. The molecule has 0 aromatic carbocycles. The van der Waals surface area contributed by atoms with Gasteiger partial charge in [0.1, 0.15) is 0 Å². The Labute approximate surface area is 107 Å². The minimum Gasteiger partial charge on any atom is -0.367 e. The van der Waals surface area contributed by atoms with E-state index in [-0.39, 0.29) is 5.82 Å². The molecule has 1 fully saturated rings. The molecule has 0 atom stereocenters. The Kier molecular flexibility index (Phi) is 4.73. The first-order valence-electron chi connectivity index (χ1n) is 6.80. The van der Waals surface area contributed by atoms with Crippen molar-refractivity contribution in [3.63, 3.8) is 0 Å². The molecule has 0 unspecified atom stereocenters. The fraction of sp³-hybridized carbons (Fsp3) is 0.692. The minimum atomic E-state index is -0.386. The quantitative estimate of drug-likeness (QED) is 0.817. The van der Waals surface area contributed by atoms with Gasteiger partial charge in [-0.2, -0.15) is 4.98 Å². The lowest BCUT2D eigenvalue weighted by Gasteiger charge is -2.11. The van der Waals surface area contributed by atoms with Gasteiger partial charge in [-0.1, -0.05) is 25.7 Å². The molecule has 5 heteroatoms. The van der Waals surface area contributed by atoms with Crippen molar-refractivity contribution in [2.45, 2.75) is 39.0 Å². The van der Waals surface area contributed by atoms with Crippen LogP contribution in [-0.2, 0) is 0 Å². The SMILES string of the molecule is CCNc1ncc(F)c(NCCC2CCCC2)n1. The highest BCUT2D eigenvalue weighted by molar-refractivity contribution is 5.40. The molecule has 100 valence electrons. The van der Waals surface area contributed by atoms with E-state index in [2.05, 4.69) is 20.6 Å². The van der Waals surface area contributed by atoms with E-state index in [4.69, 9.17) is 0 Å². The monoisotopic (exact) mass is 252 g/mol. The van der Waals surface area contributed by atoms with Crippen LogP contribution in [0.2, 0.25) is 0 Å². The summed E-state index contributed by atoms with van der Waals surface area (Å²) in [5, 5.41) is 6.05. The van der Waals surface area contributed by atoms with Crippen molar-refractivity contribution < 1.29 is 4.39 Å². The van der Waals surface area contributed by atoms with E-state index in [9.17, 15) is 4.39 Å². The summed E-state index contributed by atoms with van der Waals surface area (Å²) in [5.74, 6) is 1.19. The number of hydrogen-bond donors (Lipinski definition) is 2. The summed E-state index contributed by atoms with van der Waals surface area (Å²) < 4.78 is 13.5. The van der Waals surface area contributed by atoms with Gasteiger partial charge in [-0.25, -0.2) is 9.37 Å². The maximum atomic E-state index is 13.5. The molecule has 18 heavy (non-hydrogen) atoms. The lowest BCUT2D eigenvalue weighted by molar-refractivity contribution is 0.517. The molecule has 0 bridgehead atoms. The number of nitrogens with zero attached hydrogens (tertiary/aromatic N) is 2. The Morgan fingerprint density at radius 3 is 2.83 bits per heavy atom. The zero-order valence-electron chi connectivity index (χ0n) is 10.9. The van der Waals surface area contributed by atoms with Gasteiger partial charge in [0.15, 0.2) is 11.6 Å². The second-order valence-corrected chi connectivity index (χ2v) is 4.79. The van der Waals surface area contributed by atoms with Gasteiger partial charge in [0.05, 0.1) is 6.20 Å². The summed E-state index contributed by atoms with van der Waals surface area (Å²) in [6.45, 7) is 3.47. The standard InChI is InChI=1S/C13H21FN4/c1-2-15-13-17-9-11(14)12(18-13)16-8-7-10-5-3-4-6-10/h9-10H,2-8H2,1H3,(H2,15,16,17,18). The van der Waals surface area contributed by atoms with Crippen LogP contribution < -0.4 is 10.6 Å². The van der Waals surface area contributed by atoms with Gasteiger partial charge in [-0.05, 0) is 19.3 Å². The van der Waals surface area contributed by atoms with Gasteiger partial charge < -0.3 is 10.6 Å². The van der Waals surface area contributed by atoms with Crippen molar-refractivity contribution >= 4 is 11.8 Å². The maximum absolute atomic E-state index is 13.5. The summed E-state index contributed by atoms with van der Waals surface area (Å²) in [6.07, 6.45) is 7.63. The average molecular weight is 252 g/mol. The van der Waals surface area contributed by atoms with Crippen LogP contribution in [0, 0.1) is 11.7 Å². The maximum Gasteiger partial charge on any atom is 0.224 e. The average Bonchev–Trinajstić information content (AvgIpc) is 2.86. The summed E-state index contributed by atoms with van der Waals surface area (Å²) in [6, 6.07) is 0. The molecule has 0 amide bonds. The van der Waals surface area contributed by atoms with Crippen molar-refractivity contribution in [3.8, 4) is 0 Å². The molecule has 2 N–H and O–H groups in total. The molecule has 0 saturated heterocycles. The predicted molar refractivity (Wildman–Crippen MR) is 71.2 cm³/mol. The van der Waals surface area contributed by atoms with Crippen LogP contribution in [0.15, 0.2) is 6.20 Å². The van der Waals surface area contributed by atoms with E-state index in [1.165, 1.54) is 31.9 Å². The fourth-order valence-corrected chi connectivity index (χ4v) is 2.43. The molecule has 4 nitrogen and oxygen atoms in total. The first-order chi connectivity index (χ1) is 8.79. The smallest absolute Gasteiger partial charge is 0.224 e. The Morgan fingerprint density at radius 2 is 2.11 bits per heavy atom. The third-order valence-corrected chi connectivity index (χ3v) is 3.40. The largest absolute Gasteiger partial charge is 0.367 e. The van der Waals surface area contributed by atoms with Crippen molar-refractivity contribution in [3.05, 3.63) is 12.0 Å². The minimum absolute atomic E-state index is 0.305. The highest BCUT2D eigenvalue weighted by atomic mass is 19.1. The fourth-order valence-electron chi connectivity index (χ4n) is 2.43. The second-order valence-electron chi connectivity index (χ2n) is 4.79. The number of nitrogens with one attached hydrogen (secondary N) is 2. The van der Waals surface area contributed by atoms with Crippen molar-refractivity contribution in [2.75, 3.05) is 23.7 Å². The normalized spacial score (nSPS) is 15.9. The number of rotatable bonds is 6. The first-order valence-corrected chi connectivity index (χ1v) is 6.80. The zero-order valence-corrected chi connectivity index (χ0v) is 10.9. The van der Waals surface area contributed by atoms with E-state index in [1.807, 2.05) is 6.92 Å². The van der Waals surface area contributed by atoms with Crippen LogP contribution in [0.4, 0.5) is 16.2 Å². The molecule has 1 heterocycles. The molecular weight excluding hydrogens is 231 g/mol. The second kappa shape index (κ2) is 6.52. The molecular formula is C13H21FN4. The Bertz CT molecular complexity index is 377. The molecule has 1 saturated carbocycles. The highest BCUT2D eigenvalue weighted by Gasteiger charge is 2.14. The van der Waals surface area contributed by atoms with E-state index in [0.29, 0.717) is 11.8 Å². The lowest BCUT2D eigenvalue weighted by atomic mass is 10.0. The van der Waals surface area contributed by atoms with E-state index >= 15 is 0 Å². The van der Waals surface area contributed by atoms with Crippen LogP contribution in [0.25, 0.3) is 0 Å². The number of aromatic nitrogens is 2. The van der Waals surface area contributed by atoms with Crippen LogP contribution in [0.1, 0.15) is 39.0 Å². The molecule has 1 aromatic rings. The van der Waals surface area contributed by atoms with Gasteiger partial charge >= 0.3 is 0 Å². The van der Waals surface area contributed by atoms with E-state index < -0.39 is 0 Å². The lowest BCUT2D eigenvalue weighted by Crippen LogP contribution is -2.11. The van der Waals surface area contributed by atoms with Gasteiger partial charge in [-0.3, -0.25) is 0 Å².